The number of hydrogen-bond acceptors (Lipinski definition) is 3. The van der Waals surface area contributed by atoms with Gasteiger partial charge in [0.1, 0.15) is 11.9 Å². The number of alkyl halides is 1. The Balaban J connectivity index is 2.36. The van der Waals surface area contributed by atoms with Crippen molar-refractivity contribution in [2.45, 2.75) is 57.6 Å². The average Bonchev–Trinajstić information content (AvgIpc) is 2.73. The topological polar surface area (TPSA) is 39.9 Å². The van der Waals surface area contributed by atoms with E-state index in [1.165, 1.54) is 6.42 Å². The van der Waals surface area contributed by atoms with E-state index in [0.717, 1.165) is 31.1 Å². The van der Waals surface area contributed by atoms with E-state index in [1.54, 1.807) is 0 Å². The van der Waals surface area contributed by atoms with Crippen LogP contribution in [-0.4, -0.2) is 21.4 Å². The van der Waals surface area contributed by atoms with Crippen LogP contribution in [0.2, 0.25) is 0 Å². The summed E-state index contributed by atoms with van der Waals surface area (Å²) >= 11 is 5.93. The summed E-state index contributed by atoms with van der Waals surface area (Å²) < 4.78 is 7.91. The van der Waals surface area contributed by atoms with Crippen molar-refractivity contribution in [2.24, 2.45) is 0 Å². The number of rotatable bonds is 2. The molecule has 5 heteroatoms. The SMILES string of the molecule is CC(C)(C)n1c(CCl)nnc1C1CCCCO1. The Morgan fingerprint density at radius 1 is 1.35 bits per heavy atom. The highest BCUT2D eigenvalue weighted by molar-refractivity contribution is 6.16. The van der Waals surface area contributed by atoms with E-state index in [-0.39, 0.29) is 11.6 Å². The lowest BCUT2D eigenvalue weighted by Crippen LogP contribution is -2.28. The zero-order chi connectivity index (χ0) is 12.5. The lowest BCUT2D eigenvalue weighted by molar-refractivity contribution is 0.00492. The summed E-state index contributed by atoms with van der Waals surface area (Å²) in [6.07, 6.45) is 3.43. The smallest absolute Gasteiger partial charge is 0.162 e. The molecule has 0 aliphatic carbocycles. The fraction of sp³-hybridized carbons (Fsp3) is 0.833. The van der Waals surface area contributed by atoms with Crippen LogP contribution < -0.4 is 0 Å². The normalized spacial score (nSPS) is 21.8. The predicted molar refractivity (Wildman–Crippen MR) is 67.1 cm³/mol. The van der Waals surface area contributed by atoms with Crippen molar-refractivity contribution >= 4 is 11.6 Å². The van der Waals surface area contributed by atoms with Crippen LogP contribution in [0.4, 0.5) is 0 Å². The van der Waals surface area contributed by atoms with Gasteiger partial charge in [-0.05, 0) is 40.0 Å². The molecule has 1 aromatic heterocycles. The van der Waals surface area contributed by atoms with Crippen LogP contribution in [0.5, 0.6) is 0 Å². The molecule has 96 valence electrons. The summed E-state index contributed by atoms with van der Waals surface area (Å²) in [5.74, 6) is 2.13. The predicted octanol–water partition coefficient (Wildman–Crippen LogP) is 3.01. The minimum Gasteiger partial charge on any atom is -0.370 e. The van der Waals surface area contributed by atoms with Crippen molar-refractivity contribution in [3.63, 3.8) is 0 Å². The molecule has 0 aromatic carbocycles. The Kier molecular flexibility index (Phi) is 3.73. The average molecular weight is 258 g/mol. The molecule has 1 fully saturated rings. The van der Waals surface area contributed by atoms with Crippen molar-refractivity contribution in [1.82, 2.24) is 14.8 Å². The zero-order valence-corrected chi connectivity index (χ0v) is 11.5. The second kappa shape index (κ2) is 4.94. The van der Waals surface area contributed by atoms with Crippen molar-refractivity contribution in [3.8, 4) is 0 Å². The third-order valence-corrected chi connectivity index (χ3v) is 3.25. The Morgan fingerprint density at radius 2 is 2.12 bits per heavy atom. The number of halogens is 1. The summed E-state index contributed by atoms with van der Waals surface area (Å²) in [7, 11) is 0. The Bertz CT molecular complexity index is 378. The Hall–Kier alpha value is -0.610. The first kappa shape index (κ1) is 12.8. The molecule has 1 aliphatic rings. The monoisotopic (exact) mass is 257 g/mol. The van der Waals surface area contributed by atoms with E-state index in [0.29, 0.717) is 5.88 Å². The van der Waals surface area contributed by atoms with E-state index >= 15 is 0 Å². The first-order valence-electron chi connectivity index (χ1n) is 6.16. The first-order chi connectivity index (χ1) is 8.04. The lowest BCUT2D eigenvalue weighted by atomic mass is 10.0. The molecule has 0 saturated carbocycles. The fourth-order valence-electron chi connectivity index (χ4n) is 2.30. The van der Waals surface area contributed by atoms with Gasteiger partial charge < -0.3 is 9.30 Å². The van der Waals surface area contributed by atoms with Crippen LogP contribution in [0.1, 0.15) is 57.8 Å². The summed E-state index contributed by atoms with van der Waals surface area (Å²) in [6, 6.07) is 0. The molecule has 17 heavy (non-hydrogen) atoms. The molecule has 2 rings (SSSR count). The molecule has 1 unspecified atom stereocenters. The molecule has 0 spiro atoms. The third kappa shape index (κ3) is 2.63. The maximum atomic E-state index is 5.93. The highest BCUT2D eigenvalue weighted by Gasteiger charge is 2.28. The molecule has 1 atom stereocenters. The maximum absolute atomic E-state index is 5.93. The number of nitrogens with zero attached hydrogens (tertiary/aromatic N) is 3. The second-order valence-electron chi connectivity index (χ2n) is 5.47. The van der Waals surface area contributed by atoms with Crippen molar-refractivity contribution in [1.29, 1.82) is 0 Å². The van der Waals surface area contributed by atoms with Gasteiger partial charge in [-0.2, -0.15) is 0 Å². The minimum atomic E-state index is -0.0656. The van der Waals surface area contributed by atoms with E-state index in [1.807, 2.05) is 0 Å². The Morgan fingerprint density at radius 3 is 2.65 bits per heavy atom. The van der Waals surface area contributed by atoms with Crippen molar-refractivity contribution < 1.29 is 4.74 Å². The Labute approximate surface area is 107 Å². The highest BCUT2D eigenvalue weighted by atomic mass is 35.5. The number of ether oxygens (including phenoxy) is 1. The van der Waals surface area contributed by atoms with Crippen LogP contribution in [-0.2, 0) is 16.2 Å². The van der Waals surface area contributed by atoms with E-state index in [2.05, 4.69) is 35.5 Å². The first-order valence-corrected chi connectivity index (χ1v) is 6.69. The minimum absolute atomic E-state index is 0.0656. The molecular formula is C12H20ClN3O. The van der Waals surface area contributed by atoms with Gasteiger partial charge in [0.05, 0.1) is 5.88 Å². The van der Waals surface area contributed by atoms with Gasteiger partial charge >= 0.3 is 0 Å². The van der Waals surface area contributed by atoms with Crippen molar-refractivity contribution in [3.05, 3.63) is 11.6 Å². The van der Waals surface area contributed by atoms with Gasteiger partial charge in [-0.15, -0.1) is 21.8 Å². The number of hydrogen-bond donors (Lipinski definition) is 0. The molecule has 1 saturated heterocycles. The standard InChI is InChI=1S/C12H20ClN3O/c1-12(2,3)16-10(8-13)14-15-11(16)9-6-4-5-7-17-9/h9H,4-8H2,1-3H3. The van der Waals surface area contributed by atoms with E-state index < -0.39 is 0 Å². The molecule has 2 heterocycles. The lowest BCUT2D eigenvalue weighted by Gasteiger charge is -2.29. The molecule has 4 nitrogen and oxygen atoms in total. The summed E-state index contributed by atoms with van der Waals surface area (Å²) in [5, 5.41) is 8.46. The summed E-state index contributed by atoms with van der Waals surface area (Å²) in [5.41, 5.74) is -0.0656. The summed E-state index contributed by atoms with van der Waals surface area (Å²) in [6.45, 7) is 7.23. The molecular weight excluding hydrogens is 238 g/mol. The summed E-state index contributed by atoms with van der Waals surface area (Å²) in [4.78, 5) is 0. The van der Waals surface area contributed by atoms with Crippen LogP contribution in [0, 0.1) is 0 Å². The quantitative estimate of drug-likeness (QED) is 0.765. The van der Waals surface area contributed by atoms with Gasteiger partial charge in [0.25, 0.3) is 0 Å². The molecule has 0 radical (unpaired) electrons. The maximum Gasteiger partial charge on any atom is 0.162 e. The van der Waals surface area contributed by atoms with Crippen molar-refractivity contribution in [2.75, 3.05) is 6.61 Å². The van der Waals surface area contributed by atoms with Crippen LogP contribution in [0.3, 0.4) is 0 Å². The molecule has 0 amide bonds. The van der Waals surface area contributed by atoms with Gasteiger partial charge in [0.15, 0.2) is 5.82 Å². The van der Waals surface area contributed by atoms with Gasteiger partial charge in [0, 0.05) is 12.1 Å². The van der Waals surface area contributed by atoms with Crippen LogP contribution in [0.25, 0.3) is 0 Å². The molecule has 0 N–H and O–H groups in total. The van der Waals surface area contributed by atoms with Gasteiger partial charge in [-0.1, -0.05) is 0 Å². The van der Waals surface area contributed by atoms with Gasteiger partial charge in [-0.25, -0.2) is 0 Å². The third-order valence-electron chi connectivity index (χ3n) is 3.01. The molecule has 1 aliphatic heterocycles. The van der Waals surface area contributed by atoms with Gasteiger partial charge in [-0.3, -0.25) is 0 Å². The largest absolute Gasteiger partial charge is 0.370 e. The highest BCUT2D eigenvalue weighted by Crippen LogP contribution is 2.30. The molecule has 0 bridgehead atoms. The van der Waals surface area contributed by atoms with Crippen LogP contribution >= 0.6 is 11.6 Å². The fourth-order valence-corrected chi connectivity index (χ4v) is 2.47. The zero-order valence-electron chi connectivity index (χ0n) is 10.7. The molecule has 1 aromatic rings. The van der Waals surface area contributed by atoms with Crippen LogP contribution in [0.15, 0.2) is 0 Å². The number of aromatic nitrogens is 3. The second-order valence-corrected chi connectivity index (χ2v) is 5.74. The van der Waals surface area contributed by atoms with Gasteiger partial charge in [0.2, 0.25) is 0 Å². The van der Waals surface area contributed by atoms with E-state index in [4.69, 9.17) is 16.3 Å². The van der Waals surface area contributed by atoms with E-state index in [9.17, 15) is 0 Å².